The standard InChI is InChI=1S/C34H41F3O/c1-3-4-5-6-7-22-38-29-19-21-30(32(35)23-29)26-15-10-25(11-16-26)12-17-28-18-20-31(34(37)33(28)36)27-13-8-24(2)9-14-27/h8-9,13-14,18-21,23,25-26H,3-7,10-12,15-17,22H2,1-2H3. The van der Waals surface area contributed by atoms with Crippen LogP contribution in [0, 0.1) is 30.3 Å². The Labute approximate surface area is 226 Å². The Morgan fingerprint density at radius 2 is 1.53 bits per heavy atom. The zero-order valence-corrected chi connectivity index (χ0v) is 22.9. The van der Waals surface area contributed by atoms with Gasteiger partial charge in [0.05, 0.1) is 6.61 Å². The second kappa shape index (κ2) is 13.9. The monoisotopic (exact) mass is 522 g/mol. The van der Waals surface area contributed by atoms with E-state index < -0.39 is 11.6 Å². The molecular weight excluding hydrogens is 481 g/mol. The van der Waals surface area contributed by atoms with Crippen LogP contribution < -0.4 is 4.74 Å². The molecule has 38 heavy (non-hydrogen) atoms. The molecule has 0 saturated heterocycles. The molecule has 1 aliphatic carbocycles. The maximum atomic E-state index is 14.9. The Bertz CT molecular complexity index is 1160. The smallest absolute Gasteiger partial charge is 0.166 e. The van der Waals surface area contributed by atoms with Crippen LogP contribution in [0.15, 0.2) is 54.6 Å². The van der Waals surface area contributed by atoms with E-state index in [0.717, 1.165) is 56.1 Å². The van der Waals surface area contributed by atoms with E-state index in [-0.39, 0.29) is 11.7 Å². The van der Waals surface area contributed by atoms with Gasteiger partial charge in [-0.25, -0.2) is 13.2 Å². The highest BCUT2D eigenvalue weighted by molar-refractivity contribution is 5.65. The molecule has 0 radical (unpaired) electrons. The Morgan fingerprint density at radius 1 is 0.789 bits per heavy atom. The zero-order chi connectivity index (χ0) is 26.9. The molecule has 0 spiro atoms. The normalized spacial score (nSPS) is 17.5. The molecule has 4 heteroatoms. The molecule has 3 aromatic rings. The molecule has 0 amide bonds. The third-order valence-corrected chi connectivity index (χ3v) is 8.12. The molecule has 1 saturated carbocycles. The molecule has 0 atom stereocenters. The van der Waals surface area contributed by atoms with Crippen LogP contribution in [0.3, 0.4) is 0 Å². The van der Waals surface area contributed by atoms with Crippen molar-refractivity contribution < 1.29 is 17.9 Å². The summed E-state index contributed by atoms with van der Waals surface area (Å²) in [6.07, 6.45) is 11.0. The van der Waals surface area contributed by atoms with E-state index in [9.17, 15) is 13.2 Å². The molecule has 0 bridgehead atoms. The number of benzene rings is 3. The summed E-state index contributed by atoms with van der Waals surface area (Å²) in [5, 5.41) is 0. The summed E-state index contributed by atoms with van der Waals surface area (Å²) < 4.78 is 50.3. The summed E-state index contributed by atoms with van der Waals surface area (Å²) in [5.41, 5.74) is 3.28. The first-order valence-corrected chi connectivity index (χ1v) is 14.4. The molecule has 3 aromatic carbocycles. The van der Waals surface area contributed by atoms with Crippen LogP contribution in [0.4, 0.5) is 13.2 Å². The Hall–Kier alpha value is -2.75. The first-order valence-electron chi connectivity index (χ1n) is 14.4. The van der Waals surface area contributed by atoms with Gasteiger partial charge in [-0.1, -0.05) is 80.6 Å². The van der Waals surface area contributed by atoms with Gasteiger partial charge in [0.1, 0.15) is 11.6 Å². The maximum Gasteiger partial charge on any atom is 0.166 e. The highest BCUT2D eigenvalue weighted by Gasteiger charge is 2.25. The van der Waals surface area contributed by atoms with Crippen LogP contribution in [0.25, 0.3) is 11.1 Å². The Morgan fingerprint density at radius 3 is 2.24 bits per heavy atom. The number of ether oxygens (including phenoxy) is 1. The Balaban J connectivity index is 1.25. The van der Waals surface area contributed by atoms with Gasteiger partial charge in [0.2, 0.25) is 0 Å². The summed E-state index contributed by atoms with van der Waals surface area (Å²) in [7, 11) is 0. The highest BCUT2D eigenvalue weighted by atomic mass is 19.2. The van der Waals surface area contributed by atoms with Crippen LogP contribution >= 0.6 is 0 Å². The summed E-state index contributed by atoms with van der Waals surface area (Å²) in [5.74, 6) is -0.418. The van der Waals surface area contributed by atoms with Crippen molar-refractivity contribution in [2.24, 2.45) is 5.92 Å². The number of halogens is 3. The predicted octanol–water partition coefficient (Wildman–Crippen LogP) is 10.3. The van der Waals surface area contributed by atoms with Crippen LogP contribution in [0.1, 0.15) is 93.7 Å². The molecule has 0 N–H and O–H groups in total. The van der Waals surface area contributed by atoms with Gasteiger partial charge in [-0.05, 0) is 86.5 Å². The molecule has 204 valence electrons. The van der Waals surface area contributed by atoms with Gasteiger partial charge in [-0.3, -0.25) is 0 Å². The average Bonchev–Trinajstić information content (AvgIpc) is 2.93. The minimum atomic E-state index is -0.769. The van der Waals surface area contributed by atoms with Crippen molar-refractivity contribution in [3.8, 4) is 16.9 Å². The van der Waals surface area contributed by atoms with Crippen LogP contribution in [-0.4, -0.2) is 6.61 Å². The van der Waals surface area contributed by atoms with Crippen LogP contribution in [0.5, 0.6) is 5.75 Å². The lowest BCUT2D eigenvalue weighted by molar-refractivity contribution is 0.298. The molecule has 0 aromatic heterocycles. The van der Waals surface area contributed by atoms with Crippen LogP contribution in [0.2, 0.25) is 0 Å². The largest absolute Gasteiger partial charge is 0.493 e. The number of rotatable bonds is 12. The van der Waals surface area contributed by atoms with Crippen molar-refractivity contribution in [1.29, 1.82) is 0 Å². The number of hydrogen-bond donors (Lipinski definition) is 0. The summed E-state index contributed by atoms with van der Waals surface area (Å²) in [6.45, 7) is 4.80. The first kappa shape index (κ1) is 28.3. The summed E-state index contributed by atoms with van der Waals surface area (Å²) in [4.78, 5) is 0. The van der Waals surface area contributed by atoms with Crippen molar-refractivity contribution in [3.05, 3.63) is 88.7 Å². The zero-order valence-electron chi connectivity index (χ0n) is 22.9. The van der Waals surface area contributed by atoms with E-state index in [1.807, 2.05) is 43.3 Å². The molecule has 1 nitrogen and oxygen atoms in total. The molecule has 0 heterocycles. The van der Waals surface area contributed by atoms with Crippen molar-refractivity contribution in [1.82, 2.24) is 0 Å². The highest BCUT2D eigenvalue weighted by Crippen LogP contribution is 2.39. The van der Waals surface area contributed by atoms with Gasteiger partial charge in [0.25, 0.3) is 0 Å². The fourth-order valence-corrected chi connectivity index (χ4v) is 5.68. The van der Waals surface area contributed by atoms with Gasteiger partial charge in [0, 0.05) is 11.6 Å². The fraction of sp³-hybridized carbons (Fsp3) is 0.471. The van der Waals surface area contributed by atoms with E-state index in [4.69, 9.17) is 4.74 Å². The van der Waals surface area contributed by atoms with Gasteiger partial charge in [-0.15, -0.1) is 0 Å². The van der Waals surface area contributed by atoms with E-state index in [1.165, 1.54) is 25.3 Å². The van der Waals surface area contributed by atoms with Crippen molar-refractivity contribution in [2.75, 3.05) is 6.61 Å². The second-order valence-electron chi connectivity index (χ2n) is 11.0. The summed E-state index contributed by atoms with van der Waals surface area (Å²) in [6, 6.07) is 16.2. The SMILES string of the molecule is CCCCCCCOc1ccc(C2CCC(CCc3ccc(-c4ccc(C)cc4)c(F)c3F)CC2)c(F)c1. The average molecular weight is 523 g/mol. The number of aryl methyl sites for hydroxylation is 2. The van der Waals surface area contributed by atoms with Gasteiger partial charge in [0.15, 0.2) is 11.6 Å². The van der Waals surface area contributed by atoms with Gasteiger partial charge in [-0.2, -0.15) is 0 Å². The van der Waals surface area contributed by atoms with Gasteiger partial charge >= 0.3 is 0 Å². The third-order valence-electron chi connectivity index (χ3n) is 8.12. The molecule has 1 fully saturated rings. The first-order chi connectivity index (χ1) is 18.5. The quantitative estimate of drug-likeness (QED) is 0.215. The second-order valence-corrected chi connectivity index (χ2v) is 11.0. The van der Waals surface area contributed by atoms with E-state index in [2.05, 4.69) is 6.92 Å². The van der Waals surface area contributed by atoms with E-state index in [0.29, 0.717) is 41.4 Å². The maximum absolute atomic E-state index is 14.9. The predicted molar refractivity (Wildman–Crippen MR) is 150 cm³/mol. The van der Waals surface area contributed by atoms with Crippen LogP contribution in [-0.2, 0) is 6.42 Å². The van der Waals surface area contributed by atoms with Crippen molar-refractivity contribution >= 4 is 0 Å². The lowest BCUT2D eigenvalue weighted by Crippen LogP contribution is -2.15. The number of hydrogen-bond acceptors (Lipinski definition) is 1. The van der Waals surface area contributed by atoms with Crippen molar-refractivity contribution in [3.63, 3.8) is 0 Å². The number of unbranched alkanes of at least 4 members (excludes halogenated alkanes) is 4. The minimum absolute atomic E-state index is 0.178. The molecule has 1 aliphatic rings. The Kier molecular flexibility index (Phi) is 10.3. The lowest BCUT2D eigenvalue weighted by Gasteiger charge is -2.29. The molecule has 4 rings (SSSR count). The van der Waals surface area contributed by atoms with E-state index >= 15 is 0 Å². The minimum Gasteiger partial charge on any atom is -0.493 e. The molecule has 0 unspecified atom stereocenters. The third kappa shape index (κ3) is 7.42. The van der Waals surface area contributed by atoms with Gasteiger partial charge < -0.3 is 4.74 Å². The fourth-order valence-electron chi connectivity index (χ4n) is 5.68. The molecule has 0 aliphatic heterocycles. The lowest BCUT2D eigenvalue weighted by atomic mass is 9.76. The van der Waals surface area contributed by atoms with Crippen molar-refractivity contribution in [2.45, 2.75) is 90.4 Å². The summed E-state index contributed by atoms with van der Waals surface area (Å²) >= 11 is 0. The molecular formula is C34H41F3O. The topological polar surface area (TPSA) is 9.23 Å². The van der Waals surface area contributed by atoms with E-state index in [1.54, 1.807) is 12.1 Å².